The van der Waals surface area contributed by atoms with Crippen LogP contribution in [0.25, 0.3) is 0 Å². The van der Waals surface area contributed by atoms with Gasteiger partial charge in [-0.3, -0.25) is 0 Å². The fourth-order valence-corrected chi connectivity index (χ4v) is 2.92. The van der Waals surface area contributed by atoms with Crippen molar-refractivity contribution in [2.45, 2.75) is 38.1 Å². The Morgan fingerprint density at radius 1 is 1.17 bits per heavy atom. The first-order valence-electron chi connectivity index (χ1n) is 6.00. The molecule has 0 spiro atoms. The van der Waals surface area contributed by atoms with E-state index in [4.69, 9.17) is 5.73 Å². The second-order valence-electron chi connectivity index (χ2n) is 4.68. The van der Waals surface area contributed by atoms with Gasteiger partial charge in [-0.1, -0.05) is 19.3 Å². The first-order chi connectivity index (χ1) is 8.11. The molecule has 0 unspecified atom stereocenters. The minimum Gasteiger partial charge on any atom is -0.324 e. The summed E-state index contributed by atoms with van der Waals surface area (Å²) >= 11 is 3.08. The summed E-state index contributed by atoms with van der Waals surface area (Å²) in [6.07, 6.45) is 5.34. The maximum absolute atomic E-state index is 13.9. The third-order valence-electron chi connectivity index (χ3n) is 3.57. The minimum atomic E-state index is -0.553. The van der Waals surface area contributed by atoms with Gasteiger partial charge in [-0.25, -0.2) is 8.78 Å². The van der Waals surface area contributed by atoms with Crippen LogP contribution >= 0.6 is 28.3 Å². The highest BCUT2D eigenvalue weighted by Crippen LogP contribution is 2.36. The quantitative estimate of drug-likeness (QED) is 0.774. The number of hydrogen-bond acceptors (Lipinski definition) is 1. The van der Waals surface area contributed by atoms with Gasteiger partial charge in [0.2, 0.25) is 0 Å². The molecule has 0 amide bonds. The third kappa shape index (κ3) is 3.22. The van der Waals surface area contributed by atoms with Crippen LogP contribution in [0.2, 0.25) is 0 Å². The molecule has 0 heterocycles. The van der Waals surface area contributed by atoms with Crippen molar-refractivity contribution in [2.24, 2.45) is 11.7 Å². The van der Waals surface area contributed by atoms with Gasteiger partial charge in [0, 0.05) is 11.6 Å². The third-order valence-corrected chi connectivity index (χ3v) is 4.18. The summed E-state index contributed by atoms with van der Waals surface area (Å²) in [4.78, 5) is 0. The second-order valence-corrected chi connectivity index (χ2v) is 5.54. The maximum atomic E-state index is 13.9. The zero-order valence-corrected chi connectivity index (χ0v) is 12.4. The summed E-state index contributed by atoms with van der Waals surface area (Å²) in [6, 6.07) is 2.11. The molecule has 1 aliphatic rings. The second kappa shape index (κ2) is 6.83. The average Bonchev–Trinajstić information content (AvgIpc) is 2.35. The monoisotopic (exact) mass is 339 g/mol. The van der Waals surface area contributed by atoms with E-state index in [-0.39, 0.29) is 28.4 Å². The Balaban J connectivity index is 0.00000162. The van der Waals surface area contributed by atoms with Gasteiger partial charge in [0.1, 0.15) is 11.6 Å². The fourth-order valence-electron chi connectivity index (χ4n) is 2.58. The molecule has 1 fully saturated rings. The zero-order valence-electron chi connectivity index (χ0n) is 9.96. The molecule has 1 aromatic carbocycles. The predicted octanol–water partition coefficient (Wildman–Crippen LogP) is 4.73. The summed E-state index contributed by atoms with van der Waals surface area (Å²) in [5.41, 5.74) is 6.07. The molecule has 1 aliphatic carbocycles. The van der Waals surface area contributed by atoms with E-state index >= 15 is 0 Å². The van der Waals surface area contributed by atoms with Crippen molar-refractivity contribution in [2.75, 3.05) is 0 Å². The van der Waals surface area contributed by atoms with E-state index < -0.39 is 17.7 Å². The minimum absolute atomic E-state index is 0. The van der Waals surface area contributed by atoms with Gasteiger partial charge in [0.25, 0.3) is 0 Å². The van der Waals surface area contributed by atoms with Crippen molar-refractivity contribution in [1.82, 2.24) is 0 Å². The van der Waals surface area contributed by atoms with E-state index in [1.165, 1.54) is 18.6 Å². The normalized spacial score (nSPS) is 18.2. The summed E-state index contributed by atoms with van der Waals surface area (Å²) in [7, 11) is 0. The van der Waals surface area contributed by atoms with E-state index in [2.05, 4.69) is 15.9 Å². The van der Waals surface area contributed by atoms with Crippen LogP contribution in [-0.2, 0) is 0 Å². The molecule has 0 radical (unpaired) electrons. The van der Waals surface area contributed by atoms with Crippen molar-refractivity contribution in [3.63, 3.8) is 0 Å². The Morgan fingerprint density at radius 2 is 1.78 bits per heavy atom. The number of hydrogen-bond donors (Lipinski definition) is 1. The van der Waals surface area contributed by atoms with Crippen molar-refractivity contribution in [1.29, 1.82) is 0 Å². The van der Waals surface area contributed by atoms with Crippen LogP contribution in [0, 0.1) is 17.6 Å². The Labute approximate surface area is 121 Å². The molecular weight excluding hydrogens is 324 g/mol. The smallest absolute Gasteiger partial charge is 0.145 e. The number of nitrogens with two attached hydrogens (primary N) is 1. The number of rotatable bonds is 2. The lowest BCUT2D eigenvalue weighted by atomic mass is 9.81. The Bertz CT molecular complexity index is 408. The van der Waals surface area contributed by atoms with E-state index in [0.29, 0.717) is 0 Å². The first kappa shape index (κ1) is 15.9. The van der Waals surface area contributed by atoms with Gasteiger partial charge in [0.05, 0.1) is 4.47 Å². The molecule has 2 rings (SSSR count). The van der Waals surface area contributed by atoms with E-state index in [9.17, 15) is 8.78 Å². The summed E-state index contributed by atoms with van der Waals surface area (Å²) in [5.74, 6) is -0.895. The van der Waals surface area contributed by atoms with E-state index in [0.717, 1.165) is 25.7 Å². The van der Waals surface area contributed by atoms with Gasteiger partial charge >= 0.3 is 0 Å². The van der Waals surface area contributed by atoms with E-state index in [1.54, 1.807) is 0 Å². The predicted molar refractivity (Wildman–Crippen MR) is 74.8 cm³/mol. The Morgan fingerprint density at radius 3 is 2.39 bits per heavy atom. The van der Waals surface area contributed by atoms with Crippen LogP contribution in [0.1, 0.15) is 43.7 Å². The van der Waals surface area contributed by atoms with Crippen molar-refractivity contribution in [3.8, 4) is 0 Å². The molecule has 5 heteroatoms. The van der Waals surface area contributed by atoms with Crippen molar-refractivity contribution < 1.29 is 8.78 Å². The molecule has 1 atom stereocenters. The van der Waals surface area contributed by atoms with Crippen LogP contribution in [0.3, 0.4) is 0 Å². The van der Waals surface area contributed by atoms with Crippen LogP contribution < -0.4 is 5.73 Å². The van der Waals surface area contributed by atoms with Crippen LogP contribution in [0.5, 0.6) is 0 Å². The number of halogens is 4. The van der Waals surface area contributed by atoms with Crippen molar-refractivity contribution >= 4 is 28.3 Å². The zero-order chi connectivity index (χ0) is 12.4. The van der Waals surface area contributed by atoms with Gasteiger partial charge in [-0.15, -0.1) is 12.4 Å². The topological polar surface area (TPSA) is 26.0 Å². The Hall–Kier alpha value is -0.190. The molecule has 1 nitrogen and oxygen atoms in total. The molecule has 1 aromatic rings. The van der Waals surface area contributed by atoms with Gasteiger partial charge in [-0.2, -0.15) is 0 Å². The molecule has 18 heavy (non-hydrogen) atoms. The largest absolute Gasteiger partial charge is 0.324 e. The van der Waals surface area contributed by atoms with Crippen LogP contribution in [0.15, 0.2) is 16.6 Å². The molecule has 2 N–H and O–H groups in total. The van der Waals surface area contributed by atoms with Gasteiger partial charge < -0.3 is 5.73 Å². The molecule has 0 bridgehead atoms. The van der Waals surface area contributed by atoms with E-state index in [1.807, 2.05) is 0 Å². The van der Waals surface area contributed by atoms with Crippen LogP contribution in [0.4, 0.5) is 8.78 Å². The van der Waals surface area contributed by atoms with Crippen molar-refractivity contribution in [3.05, 3.63) is 33.8 Å². The first-order valence-corrected chi connectivity index (χ1v) is 6.79. The lowest BCUT2D eigenvalue weighted by molar-refractivity contribution is 0.298. The Kier molecular flexibility index (Phi) is 6.02. The lowest BCUT2D eigenvalue weighted by Gasteiger charge is -2.28. The maximum Gasteiger partial charge on any atom is 0.145 e. The molecule has 102 valence electrons. The molecular formula is C13H17BrClF2N. The van der Waals surface area contributed by atoms with Gasteiger partial charge in [0.15, 0.2) is 0 Å². The standard InChI is InChI=1S/C13H16BrF2N.ClH/c14-9-6-7-10(15)11(12(9)16)13(17)8-4-2-1-3-5-8;/h6-8,13H,1-5,17H2;1H/t13-;/m0./s1. The highest BCUT2D eigenvalue weighted by Gasteiger charge is 2.27. The number of benzene rings is 1. The SMILES string of the molecule is Cl.N[C@H](c1c(F)ccc(Br)c1F)C1CCCCC1. The molecule has 0 aromatic heterocycles. The molecule has 0 aliphatic heterocycles. The summed E-state index contributed by atoms with van der Waals surface area (Å²) in [5, 5.41) is 0. The summed E-state index contributed by atoms with van der Waals surface area (Å²) < 4.78 is 27.9. The van der Waals surface area contributed by atoms with Crippen LogP contribution in [-0.4, -0.2) is 0 Å². The lowest BCUT2D eigenvalue weighted by Crippen LogP contribution is -2.25. The molecule has 0 saturated heterocycles. The van der Waals surface area contributed by atoms with Gasteiger partial charge in [-0.05, 0) is 46.8 Å². The highest BCUT2D eigenvalue weighted by molar-refractivity contribution is 9.10. The summed E-state index contributed by atoms with van der Waals surface area (Å²) in [6.45, 7) is 0. The highest BCUT2D eigenvalue weighted by atomic mass is 79.9. The fraction of sp³-hybridized carbons (Fsp3) is 0.538. The molecule has 1 saturated carbocycles. The average molecular weight is 341 g/mol.